The Labute approximate surface area is 165 Å². The second kappa shape index (κ2) is 12.8. The van der Waals surface area contributed by atoms with Crippen LogP contribution in [0.3, 0.4) is 0 Å². The van der Waals surface area contributed by atoms with E-state index in [1.54, 1.807) is 12.1 Å². The first-order valence-electron chi connectivity index (χ1n) is 9.09. The monoisotopic (exact) mass is 418 g/mol. The number of carbonyl (C=O) groups excluding carboxylic acids is 1. The van der Waals surface area contributed by atoms with E-state index in [0.29, 0.717) is 16.7 Å². The molecule has 1 aliphatic rings. The van der Waals surface area contributed by atoms with Crippen molar-refractivity contribution in [1.82, 2.24) is 0 Å². The molecule has 1 saturated heterocycles. The standard InChI is InChI=1S/C12H23OS2.C7H8O3S/c1-2-3-4-5-6-12(13)11-15-9-7-14-8-10-15;1-6-2-4-7(5-3-6)11(8,9)10/h2-11H2,1H3;2-5H,1H3,(H,8,9,10)/q+1;/p-1. The molecule has 1 fully saturated rings. The van der Waals surface area contributed by atoms with Gasteiger partial charge in [-0.15, -0.1) is 0 Å². The van der Waals surface area contributed by atoms with E-state index in [2.05, 4.69) is 6.92 Å². The van der Waals surface area contributed by atoms with Crippen molar-refractivity contribution in [3.05, 3.63) is 29.8 Å². The largest absolute Gasteiger partial charge is 0.744 e. The summed E-state index contributed by atoms with van der Waals surface area (Å²) in [4.78, 5) is 11.5. The van der Waals surface area contributed by atoms with Crippen molar-refractivity contribution in [2.45, 2.75) is 50.8 Å². The van der Waals surface area contributed by atoms with Crippen LogP contribution in [0.15, 0.2) is 29.2 Å². The molecule has 7 heteroatoms. The van der Waals surface area contributed by atoms with Crippen LogP contribution < -0.4 is 0 Å². The number of thioether (sulfide) groups is 1. The van der Waals surface area contributed by atoms with E-state index < -0.39 is 10.1 Å². The van der Waals surface area contributed by atoms with E-state index in [1.165, 1.54) is 54.4 Å². The highest BCUT2D eigenvalue weighted by Crippen LogP contribution is 2.14. The van der Waals surface area contributed by atoms with E-state index in [9.17, 15) is 17.8 Å². The summed E-state index contributed by atoms with van der Waals surface area (Å²) in [5, 5.41) is 0. The van der Waals surface area contributed by atoms with Crippen molar-refractivity contribution in [3.63, 3.8) is 0 Å². The molecular weight excluding hydrogens is 388 g/mol. The molecule has 1 aliphatic heterocycles. The normalized spacial score (nSPS) is 15.2. The average molecular weight is 419 g/mol. The molecule has 1 aromatic carbocycles. The third kappa shape index (κ3) is 10.6. The van der Waals surface area contributed by atoms with Gasteiger partial charge in [-0.05, 0) is 36.4 Å². The van der Waals surface area contributed by atoms with Gasteiger partial charge in [0.25, 0.3) is 0 Å². The summed E-state index contributed by atoms with van der Waals surface area (Å²) in [6, 6.07) is 5.78. The SMILES string of the molecule is CCCCCCC(=O)C[S+]1CCSCC1.Cc1ccc(S(=O)(=O)[O-])cc1. The maximum absolute atomic E-state index is 11.7. The average Bonchev–Trinajstić information content (AvgIpc) is 2.60. The zero-order chi connectivity index (χ0) is 19.4. The van der Waals surface area contributed by atoms with Gasteiger partial charge in [-0.25, -0.2) is 8.42 Å². The van der Waals surface area contributed by atoms with Crippen molar-refractivity contribution < 1.29 is 17.8 Å². The summed E-state index contributed by atoms with van der Waals surface area (Å²) >= 11 is 2.05. The fourth-order valence-electron chi connectivity index (χ4n) is 2.46. The molecule has 0 saturated carbocycles. The van der Waals surface area contributed by atoms with E-state index in [1.807, 2.05) is 18.7 Å². The summed E-state index contributed by atoms with van der Waals surface area (Å²) in [6.07, 6.45) is 5.76. The van der Waals surface area contributed by atoms with Gasteiger partial charge in [0.15, 0.2) is 11.5 Å². The van der Waals surface area contributed by atoms with Crippen LogP contribution in [-0.4, -0.2) is 47.5 Å². The zero-order valence-electron chi connectivity index (χ0n) is 15.7. The summed E-state index contributed by atoms with van der Waals surface area (Å²) in [7, 11) is -3.82. The number of ketones is 1. The predicted molar refractivity (Wildman–Crippen MR) is 112 cm³/mol. The molecule has 2 rings (SSSR count). The molecule has 0 amide bonds. The number of hydrogen-bond acceptors (Lipinski definition) is 5. The van der Waals surface area contributed by atoms with Gasteiger partial charge in [0.05, 0.1) is 4.90 Å². The minimum absolute atomic E-state index is 0.178. The molecular formula is C19H30O4S3. The molecule has 0 aliphatic carbocycles. The van der Waals surface area contributed by atoms with Crippen LogP contribution in [0.4, 0.5) is 0 Å². The number of rotatable bonds is 8. The van der Waals surface area contributed by atoms with Gasteiger partial charge in [-0.2, -0.15) is 11.8 Å². The topological polar surface area (TPSA) is 74.3 Å². The van der Waals surface area contributed by atoms with Crippen LogP contribution in [0.5, 0.6) is 0 Å². The van der Waals surface area contributed by atoms with E-state index >= 15 is 0 Å². The molecule has 148 valence electrons. The maximum Gasteiger partial charge on any atom is 0.181 e. The minimum atomic E-state index is -4.27. The first kappa shape index (κ1) is 23.5. The van der Waals surface area contributed by atoms with Crippen molar-refractivity contribution in [3.8, 4) is 0 Å². The molecule has 0 radical (unpaired) electrons. The van der Waals surface area contributed by atoms with Crippen molar-refractivity contribution in [2.75, 3.05) is 28.8 Å². The smallest absolute Gasteiger partial charge is 0.181 e. The number of unbranched alkanes of at least 4 members (excludes halogenated alkanes) is 3. The fourth-order valence-corrected chi connectivity index (χ4v) is 7.05. The number of carbonyl (C=O) groups is 1. The van der Waals surface area contributed by atoms with Gasteiger partial charge >= 0.3 is 0 Å². The summed E-state index contributed by atoms with van der Waals surface area (Å²) in [6.45, 7) is 4.03. The Kier molecular flexibility index (Phi) is 11.6. The van der Waals surface area contributed by atoms with Crippen molar-refractivity contribution in [2.24, 2.45) is 0 Å². The highest BCUT2D eigenvalue weighted by atomic mass is 32.2. The van der Waals surface area contributed by atoms with E-state index in [0.717, 1.165) is 24.2 Å². The third-order valence-electron chi connectivity index (χ3n) is 4.02. The van der Waals surface area contributed by atoms with Crippen LogP contribution in [0.2, 0.25) is 0 Å². The Morgan fingerprint density at radius 2 is 1.73 bits per heavy atom. The van der Waals surface area contributed by atoms with Crippen LogP contribution in [0.25, 0.3) is 0 Å². The molecule has 4 nitrogen and oxygen atoms in total. The quantitative estimate of drug-likeness (QED) is 0.365. The fraction of sp³-hybridized carbons (Fsp3) is 0.632. The first-order chi connectivity index (χ1) is 12.3. The molecule has 0 atom stereocenters. The molecule has 1 heterocycles. The Morgan fingerprint density at radius 1 is 1.12 bits per heavy atom. The summed E-state index contributed by atoms with van der Waals surface area (Å²) in [5.41, 5.74) is 0.928. The Balaban J connectivity index is 0.000000273. The van der Waals surface area contributed by atoms with Gasteiger partial charge in [0, 0.05) is 17.9 Å². The highest BCUT2D eigenvalue weighted by Gasteiger charge is 2.24. The van der Waals surface area contributed by atoms with Gasteiger partial charge in [-0.1, -0.05) is 43.9 Å². The Morgan fingerprint density at radius 3 is 2.27 bits per heavy atom. The van der Waals surface area contributed by atoms with Crippen LogP contribution in [0.1, 0.15) is 44.6 Å². The summed E-state index contributed by atoms with van der Waals surface area (Å²) < 4.78 is 31.2. The van der Waals surface area contributed by atoms with Gasteiger partial charge in [0.2, 0.25) is 0 Å². The number of aryl methyl sites for hydroxylation is 1. The van der Waals surface area contributed by atoms with Crippen LogP contribution in [0, 0.1) is 6.92 Å². The molecule has 26 heavy (non-hydrogen) atoms. The van der Waals surface area contributed by atoms with Crippen LogP contribution in [-0.2, 0) is 25.8 Å². The van der Waals surface area contributed by atoms with Crippen molar-refractivity contribution >= 4 is 38.6 Å². The maximum atomic E-state index is 11.7. The second-order valence-corrected chi connectivity index (χ2v) is 11.3. The van der Waals surface area contributed by atoms with Crippen LogP contribution >= 0.6 is 11.8 Å². The Bertz CT molecular complexity index is 621. The lowest BCUT2D eigenvalue weighted by Crippen LogP contribution is -2.27. The molecule has 1 aromatic rings. The Hall–Kier alpha value is -0.500. The van der Waals surface area contributed by atoms with E-state index in [4.69, 9.17) is 0 Å². The lowest BCUT2D eigenvalue weighted by atomic mass is 10.1. The molecule has 0 spiro atoms. The molecule has 0 aromatic heterocycles. The summed E-state index contributed by atoms with van der Waals surface area (Å²) in [5.74, 6) is 6.59. The zero-order valence-corrected chi connectivity index (χ0v) is 18.2. The van der Waals surface area contributed by atoms with E-state index in [-0.39, 0.29) is 4.90 Å². The second-order valence-electron chi connectivity index (χ2n) is 6.39. The lowest BCUT2D eigenvalue weighted by Gasteiger charge is -2.12. The molecule has 0 bridgehead atoms. The first-order valence-corrected chi connectivity index (χ1v) is 13.4. The van der Waals surface area contributed by atoms with Crippen molar-refractivity contribution in [1.29, 1.82) is 0 Å². The van der Waals surface area contributed by atoms with Gasteiger partial charge in [0.1, 0.15) is 21.6 Å². The molecule has 0 N–H and O–H groups in total. The number of benzene rings is 1. The molecule has 0 unspecified atom stereocenters. The minimum Gasteiger partial charge on any atom is -0.744 e. The van der Waals surface area contributed by atoms with Gasteiger partial charge < -0.3 is 4.55 Å². The van der Waals surface area contributed by atoms with Gasteiger partial charge in [-0.3, -0.25) is 4.79 Å². The number of Topliss-reactive ketones (excluding diaryl/α,β-unsaturated/α-hetero) is 1. The number of hydrogen-bond donors (Lipinski definition) is 0. The highest BCUT2D eigenvalue weighted by molar-refractivity contribution is 8.05. The third-order valence-corrected chi connectivity index (χ3v) is 8.66. The lowest BCUT2D eigenvalue weighted by molar-refractivity contribution is -0.116. The predicted octanol–water partition coefficient (Wildman–Crippen LogP) is 3.79.